The summed E-state index contributed by atoms with van der Waals surface area (Å²) < 4.78 is 15.7. The highest BCUT2D eigenvalue weighted by Gasteiger charge is 2.14. The molecule has 0 saturated heterocycles. The molecule has 4 rings (SSSR count). The summed E-state index contributed by atoms with van der Waals surface area (Å²) in [4.78, 5) is 29.0. The Kier molecular flexibility index (Phi) is 6.32. The van der Waals surface area contributed by atoms with Gasteiger partial charge in [-0.15, -0.1) is 11.3 Å². The molecule has 8 heteroatoms. The number of hydrogen-bond donors (Lipinski definition) is 1. The van der Waals surface area contributed by atoms with Crippen molar-refractivity contribution in [3.63, 3.8) is 0 Å². The molecule has 32 heavy (non-hydrogen) atoms. The van der Waals surface area contributed by atoms with E-state index in [1.807, 2.05) is 47.8 Å². The van der Waals surface area contributed by atoms with Gasteiger partial charge in [-0.25, -0.2) is 9.78 Å². The molecule has 0 spiro atoms. The Bertz CT molecular complexity index is 1280. The lowest BCUT2D eigenvalue weighted by molar-refractivity contribution is -0.119. The first kappa shape index (κ1) is 21.3. The Morgan fingerprint density at radius 1 is 0.938 bits per heavy atom. The largest absolute Gasteiger partial charge is 0.493 e. The number of thiazole rings is 1. The van der Waals surface area contributed by atoms with Gasteiger partial charge < -0.3 is 14.2 Å². The van der Waals surface area contributed by atoms with Crippen molar-refractivity contribution in [2.75, 3.05) is 26.1 Å². The third-order valence-electron chi connectivity index (χ3n) is 4.75. The number of carbonyl (C=O) groups is 2. The molecule has 0 bridgehead atoms. The van der Waals surface area contributed by atoms with Crippen molar-refractivity contribution in [2.24, 2.45) is 0 Å². The summed E-state index contributed by atoms with van der Waals surface area (Å²) in [6.45, 7) is -0.406. The lowest BCUT2D eigenvalue weighted by Crippen LogP contribution is -2.20. The van der Waals surface area contributed by atoms with Crippen molar-refractivity contribution in [1.29, 1.82) is 0 Å². The molecule has 3 aromatic carbocycles. The summed E-state index contributed by atoms with van der Waals surface area (Å²) in [5.74, 6) is 0.181. The monoisotopic (exact) mass is 448 g/mol. The molecule has 0 atom stereocenters. The Balaban J connectivity index is 1.36. The standard InChI is InChI=1S/C24H20N2O5S/c1-29-20-10-9-17(12-21(20)30-2)19-14-32-24(25-19)26-22(27)13-31-23(28)18-8-7-15-5-3-4-6-16(15)11-18/h3-12,14H,13H2,1-2H3,(H,25,26,27). The number of nitrogens with zero attached hydrogens (tertiary/aromatic N) is 1. The zero-order valence-electron chi connectivity index (χ0n) is 17.5. The Morgan fingerprint density at radius 2 is 1.72 bits per heavy atom. The fourth-order valence-electron chi connectivity index (χ4n) is 3.15. The van der Waals surface area contributed by atoms with Gasteiger partial charge in [0.1, 0.15) is 0 Å². The first-order chi connectivity index (χ1) is 15.6. The molecule has 162 valence electrons. The van der Waals surface area contributed by atoms with E-state index in [4.69, 9.17) is 14.2 Å². The maximum atomic E-state index is 12.3. The van der Waals surface area contributed by atoms with Gasteiger partial charge in [-0.1, -0.05) is 30.3 Å². The van der Waals surface area contributed by atoms with E-state index in [1.54, 1.807) is 32.4 Å². The van der Waals surface area contributed by atoms with Crippen LogP contribution in [0.2, 0.25) is 0 Å². The number of hydrogen-bond acceptors (Lipinski definition) is 7. The van der Waals surface area contributed by atoms with E-state index >= 15 is 0 Å². The van der Waals surface area contributed by atoms with Crippen molar-refractivity contribution in [2.45, 2.75) is 0 Å². The molecule has 1 amide bonds. The van der Waals surface area contributed by atoms with Crippen LogP contribution in [0.25, 0.3) is 22.0 Å². The predicted molar refractivity (Wildman–Crippen MR) is 124 cm³/mol. The normalized spacial score (nSPS) is 10.6. The van der Waals surface area contributed by atoms with Gasteiger partial charge in [-0.05, 0) is 41.1 Å². The molecule has 1 heterocycles. The van der Waals surface area contributed by atoms with Crippen LogP contribution >= 0.6 is 11.3 Å². The predicted octanol–water partition coefficient (Wildman–Crippen LogP) is 4.78. The maximum absolute atomic E-state index is 12.3. The minimum atomic E-state index is -0.559. The highest BCUT2D eigenvalue weighted by Crippen LogP contribution is 2.33. The van der Waals surface area contributed by atoms with Crippen LogP contribution in [0.4, 0.5) is 5.13 Å². The van der Waals surface area contributed by atoms with Crippen molar-refractivity contribution < 1.29 is 23.8 Å². The maximum Gasteiger partial charge on any atom is 0.338 e. The number of aromatic nitrogens is 1. The second-order valence-corrected chi connectivity index (χ2v) is 7.65. The summed E-state index contributed by atoms with van der Waals surface area (Å²) in [5.41, 5.74) is 1.89. The molecule has 0 saturated carbocycles. The van der Waals surface area contributed by atoms with E-state index in [0.717, 1.165) is 16.3 Å². The Morgan fingerprint density at radius 3 is 2.50 bits per heavy atom. The van der Waals surface area contributed by atoms with Crippen molar-refractivity contribution in [3.05, 3.63) is 71.6 Å². The Labute approximate surface area is 188 Å². The van der Waals surface area contributed by atoms with E-state index < -0.39 is 18.5 Å². The number of methoxy groups -OCH3 is 2. The molecule has 0 aliphatic carbocycles. The highest BCUT2D eigenvalue weighted by atomic mass is 32.1. The number of esters is 1. The number of ether oxygens (including phenoxy) is 3. The van der Waals surface area contributed by atoms with E-state index in [2.05, 4.69) is 10.3 Å². The van der Waals surface area contributed by atoms with Crippen molar-refractivity contribution >= 4 is 39.1 Å². The second kappa shape index (κ2) is 9.49. The number of amides is 1. The topological polar surface area (TPSA) is 86.8 Å². The van der Waals surface area contributed by atoms with Gasteiger partial charge in [0.2, 0.25) is 0 Å². The zero-order chi connectivity index (χ0) is 22.5. The molecular formula is C24H20N2O5S. The molecular weight excluding hydrogens is 428 g/mol. The first-order valence-corrected chi connectivity index (χ1v) is 10.6. The average Bonchev–Trinajstić information content (AvgIpc) is 3.30. The van der Waals surface area contributed by atoms with Crippen LogP contribution < -0.4 is 14.8 Å². The summed E-state index contributed by atoms with van der Waals surface area (Å²) in [5, 5.41) is 6.83. The third kappa shape index (κ3) is 4.70. The quantitative estimate of drug-likeness (QED) is 0.410. The van der Waals surface area contributed by atoms with Gasteiger partial charge >= 0.3 is 5.97 Å². The molecule has 4 aromatic rings. The molecule has 7 nitrogen and oxygen atoms in total. The van der Waals surface area contributed by atoms with Gasteiger partial charge in [0.15, 0.2) is 23.2 Å². The fraction of sp³-hybridized carbons (Fsp3) is 0.125. The van der Waals surface area contributed by atoms with Crippen molar-refractivity contribution in [3.8, 4) is 22.8 Å². The smallest absolute Gasteiger partial charge is 0.338 e. The number of carbonyl (C=O) groups excluding carboxylic acids is 2. The number of benzene rings is 3. The summed E-state index contributed by atoms with van der Waals surface area (Å²) in [7, 11) is 3.13. The Hall–Kier alpha value is -3.91. The summed E-state index contributed by atoms with van der Waals surface area (Å²) >= 11 is 1.27. The van der Waals surface area contributed by atoms with Gasteiger partial charge in [0.05, 0.1) is 25.5 Å². The molecule has 0 aliphatic heterocycles. The van der Waals surface area contributed by atoms with Crippen LogP contribution in [-0.2, 0) is 9.53 Å². The minimum absolute atomic E-state index is 0.390. The van der Waals surface area contributed by atoms with Crippen LogP contribution in [0.5, 0.6) is 11.5 Å². The summed E-state index contributed by atoms with van der Waals surface area (Å²) in [6.07, 6.45) is 0. The molecule has 0 unspecified atom stereocenters. The number of fused-ring (bicyclic) bond motifs is 1. The van der Waals surface area contributed by atoms with Gasteiger partial charge in [-0.2, -0.15) is 0 Å². The van der Waals surface area contributed by atoms with E-state index in [0.29, 0.717) is 27.9 Å². The minimum Gasteiger partial charge on any atom is -0.493 e. The van der Waals surface area contributed by atoms with Gasteiger partial charge in [0.25, 0.3) is 5.91 Å². The summed E-state index contributed by atoms with van der Waals surface area (Å²) in [6, 6.07) is 18.4. The van der Waals surface area contributed by atoms with Gasteiger partial charge in [-0.3, -0.25) is 10.1 Å². The van der Waals surface area contributed by atoms with Crippen LogP contribution in [0.1, 0.15) is 10.4 Å². The molecule has 0 radical (unpaired) electrons. The van der Waals surface area contributed by atoms with Crippen LogP contribution in [0.3, 0.4) is 0 Å². The van der Waals surface area contributed by atoms with E-state index in [9.17, 15) is 9.59 Å². The van der Waals surface area contributed by atoms with Crippen LogP contribution in [0, 0.1) is 0 Å². The fourth-order valence-corrected chi connectivity index (χ4v) is 3.88. The van der Waals surface area contributed by atoms with Crippen molar-refractivity contribution in [1.82, 2.24) is 4.98 Å². The SMILES string of the molecule is COc1ccc(-c2csc(NC(=O)COC(=O)c3ccc4ccccc4c3)n2)cc1OC. The third-order valence-corrected chi connectivity index (χ3v) is 5.51. The van der Waals surface area contributed by atoms with Gasteiger partial charge in [0, 0.05) is 10.9 Å². The number of anilines is 1. The lowest BCUT2D eigenvalue weighted by atomic mass is 10.1. The second-order valence-electron chi connectivity index (χ2n) is 6.79. The van der Waals surface area contributed by atoms with Crippen LogP contribution in [0.15, 0.2) is 66.0 Å². The lowest BCUT2D eigenvalue weighted by Gasteiger charge is -2.08. The highest BCUT2D eigenvalue weighted by molar-refractivity contribution is 7.14. The number of rotatable bonds is 7. The molecule has 0 fully saturated rings. The van der Waals surface area contributed by atoms with Crippen LogP contribution in [-0.4, -0.2) is 37.7 Å². The first-order valence-electron chi connectivity index (χ1n) is 9.71. The van der Waals surface area contributed by atoms with E-state index in [-0.39, 0.29) is 0 Å². The van der Waals surface area contributed by atoms with E-state index in [1.165, 1.54) is 11.3 Å². The molecule has 1 N–H and O–H groups in total. The molecule has 1 aromatic heterocycles. The zero-order valence-corrected chi connectivity index (χ0v) is 18.3. The average molecular weight is 449 g/mol. The molecule has 0 aliphatic rings. The number of nitrogens with one attached hydrogen (secondary N) is 1.